The third kappa shape index (κ3) is 5.98. The van der Waals surface area contributed by atoms with Gasteiger partial charge in [-0.1, -0.05) is 45.0 Å². The molecule has 0 spiro atoms. The summed E-state index contributed by atoms with van der Waals surface area (Å²) in [5.74, 6) is 0.250. The molecule has 0 radical (unpaired) electrons. The van der Waals surface area contributed by atoms with Crippen LogP contribution in [0.15, 0.2) is 42.5 Å². The van der Waals surface area contributed by atoms with E-state index in [4.69, 9.17) is 9.47 Å². The number of rotatable bonds is 9. The summed E-state index contributed by atoms with van der Waals surface area (Å²) in [5.41, 5.74) is 2.77. The first-order chi connectivity index (χ1) is 13.9. The Morgan fingerprint density at radius 1 is 1.00 bits per heavy atom. The summed E-state index contributed by atoms with van der Waals surface area (Å²) in [7, 11) is 2.77. The highest BCUT2D eigenvalue weighted by Gasteiger charge is 2.20. The van der Waals surface area contributed by atoms with Gasteiger partial charge in [-0.15, -0.1) is 0 Å². The van der Waals surface area contributed by atoms with Crippen LogP contribution in [0.4, 0.5) is 0 Å². The van der Waals surface area contributed by atoms with Crippen LogP contribution in [0.3, 0.4) is 0 Å². The van der Waals surface area contributed by atoms with E-state index < -0.39 is 5.97 Å². The molecule has 0 aliphatic rings. The van der Waals surface area contributed by atoms with E-state index >= 15 is 0 Å². The second kappa shape index (κ2) is 10.5. The number of hydrogen-bond donors (Lipinski definition) is 1. The smallest absolute Gasteiger partial charge is 0.343 e. The number of esters is 1. The van der Waals surface area contributed by atoms with Gasteiger partial charge in [0.2, 0.25) is 0 Å². The molecule has 2 rings (SSSR count). The molecule has 0 aliphatic carbocycles. The predicted molar refractivity (Wildman–Crippen MR) is 111 cm³/mol. The van der Waals surface area contributed by atoms with Crippen molar-refractivity contribution in [2.45, 2.75) is 33.2 Å². The Kier molecular flexibility index (Phi) is 8.07. The van der Waals surface area contributed by atoms with Crippen molar-refractivity contribution in [2.24, 2.45) is 5.92 Å². The second-order valence-corrected chi connectivity index (χ2v) is 7.02. The van der Waals surface area contributed by atoms with Crippen molar-refractivity contribution in [3.8, 4) is 11.5 Å². The number of methoxy groups -OCH3 is 2. The molecule has 2 aromatic carbocycles. The largest absolute Gasteiger partial charge is 0.493 e. The molecule has 2 aromatic rings. The topological polar surface area (TPSA) is 73.9 Å². The lowest BCUT2D eigenvalue weighted by atomic mass is 9.94. The van der Waals surface area contributed by atoms with Crippen LogP contribution in [-0.2, 0) is 16.0 Å². The van der Waals surface area contributed by atoms with Gasteiger partial charge in [0, 0.05) is 5.56 Å². The van der Waals surface area contributed by atoms with Crippen molar-refractivity contribution in [3.63, 3.8) is 0 Å². The van der Waals surface area contributed by atoms with E-state index in [1.807, 2.05) is 0 Å². The van der Waals surface area contributed by atoms with Gasteiger partial charge < -0.3 is 19.5 Å². The standard InChI is InChI=1S/C23H29NO5/c1-6-16-7-9-17(10-8-16)22(15(2)3)24-23(26)18-11-12-19(20(13-18)27-4)29-14-21(25)28-5/h7-13,15,22H,6,14H2,1-5H3,(H,24,26). The molecule has 0 bridgehead atoms. The molecule has 1 N–H and O–H groups in total. The Morgan fingerprint density at radius 2 is 1.69 bits per heavy atom. The number of amides is 1. The van der Waals surface area contributed by atoms with Crippen LogP contribution in [0.1, 0.15) is 48.3 Å². The van der Waals surface area contributed by atoms with Gasteiger partial charge in [-0.25, -0.2) is 4.79 Å². The molecule has 0 aliphatic heterocycles. The molecular weight excluding hydrogens is 370 g/mol. The van der Waals surface area contributed by atoms with Gasteiger partial charge in [0.15, 0.2) is 18.1 Å². The molecule has 0 fully saturated rings. The minimum absolute atomic E-state index is 0.116. The Hall–Kier alpha value is -3.02. The zero-order chi connectivity index (χ0) is 21.4. The van der Waals surface area contributed by atoms with Crippen LogP contribution < -0.4 is 14.8 Å². The Labute approximate surface area is 172 Å². The van der Waals surface area contributed by atoms with Gasteiger partial charge in [-0.2, -0.15) is 0 Å². The lowest BCUT2D eigenvalue weighted by Gasteiger charge is -2.23. The molecule has 0 heterocycles. The fourth-order valence-corrected chi connectivity index (χ4v) is 2.94. The summed E-state index contributed by atoms with van der Waals surface area (Å²) in [4.78, 5) is 24.1. The van der Waals surface area contributed by atoms with Crippen molar-refractivity contribution >= 4 is 11.9 Å². The van der Waals surface area contributed by atoms with E-state index in [2.05, 4.69) is 55.1 Å². The van der Waals surface area contributed by atoms with Crippen LogP contribution >= 0.6 is 0 Å². The maximum Gasteiger partial charge on any atom is 0.343 e. The van der Waals surface area contributed by atoms with Crippen LogP contribution in [0.25, 0.3) is 0 Å². The van der Waals surface area contributed by atoms with Gasteiger partial charge in [0.1, 0.15) is 0 Å². The van der Waals surface area contributed by atoms with Crippen molar-refractivity contribution in [3.05, 3.63) is 59.2 Å². The number of carbonyl (C=O) groups excluding carboxylic acids is 2. The number of benzene rings is 2. The van der Waals surface area contributed by atoms with Gasteiger partial charge in [0.25, 0.3) is 5.91 Å². The lowest BCUT2D eigenvalue weighted by molar-refractivity contribution is -0.142. The number of nitrogens with one attached hydrogen (secondary N) is 1. The quantitative estimate of drug-likeness (QED) is 0.647. The van der Waals surface area contributed by atoms with Gasteiger partial charge >= 0.3 is 5.97 Å². The highest BCUT2D eigenvalue weighted by atomic mass is 16.6. The lowest BCUT2D eigenvalue weighted by Crippen LogP contribution is -2.31. The van der Waals surface area contributed by atoms with Gasteiger partial charge in [0.05, 0.1) is 20.3 Å². The summed E-state index contributed by atoms with van der Waals surface area (Å²) in [6, 6.07) is 13.0. The summed E-state index contributed by atoms with van der Waals surface area (Å²) in [6.45, 7) is 6.02. The predicted octanol–water partition coefficient (Wildman–Crippen LogP) is 3.94. The van der Waals surface area contributed by atoms with Gasteiger partial charge in [-0.3, -0.25) is 4.79 Å². The number of carbonyl (C=O) groups is 2. The van der Waals surface area contributed by atoms with Crippen molar-refractivity contribution in [2.75, 3.05) is 20.8 Å². The molecule has 1 amide bonds. The van der Waals surface area contributed by atoms with Crippen molar-refractivity contribution in [1.29, 1.82) is 0 Å². The zero-order valence-corrected chi connectivity index (χ0v) is 17.7. The minimum atomic E-state index is -0.497. The molecule has 0 saturated heterocycles. The molecular formula is C23H29NO5. The first-order valence-electron chi connectivity index (χ1n) is 9.66. The van der Waals surface area contributed by atoms with E-state index in [0.717, 1.165) is 12.0 Å². The minimum Gasteiger partial charge on any atom is -0.493 e. The van der Waals surface area contributed by atoms with Crippen molar-refractivity contribution in [1.82, 2.24) is 5.32 Å². The van der Waals surface area contributed by atoms with E-state index in [1.165, 1.54) is 19.8 Å². The van der Waals surface area contributed by atoms with Crippen LogP contribution in [0, 0.1) is 5.92 Å². The highest BCUT2D eigenvalue weighted by molar-refractivity contribution is 5.95. The van der Waals surface area contributed by atoms with Crippen LogP contribution in [0.2, 0.25) is 0 Å². The summed E-state index contributed by atoms with van der Waals surface area (Å²) in [5, 5.41) is 3.11. The maximum atomic E-state index is 12.9. The summed E-state index contributed by atoms with van der Waals surface area (Å²) < 4.78 is 15.3. The first-order valence-corrected chi connectivity index (χ1v) is 9.66. The third-order valence-electron chi connectivity index (χ3n) is 4.70. The second-order valence-electron chi connectivity index (χ2n) is 7.02. The molecule has 0 aromatic heterocycles. The molecule has 0 saturated carbocycles. The SMILES string of the molecule is CCc1ccc(C(NC(=O)c2ccc(OCC(=O)OC)c(OC)c2)C(C)C)cc1. The molecule has 156 valence electrons. The van der Waals surface area contributed by atoms with E-state index in [9.17, 15) is 9.59 Å². The van der Waals surface area contributed by atoms with Crippen LogP contribution in [0.5, 0.6) is 11.5 Å². The van der Waals surface area contributed by atoms with Crippen molar-refractivity contribution < 1.29 is 23.8 Å². The van der Waals surface area contributed by atoms with E-state index in [0.29, 0.717) is 17.1 Å². The third-order valence-corrected chi connectivity index (χ3v) is 4.70. The number of ether oxygens (including phenoxy) is 3. The molecule has 1 atom stereocenters. The summed E-state index contributed by atoms with van der Waals surface area (Å²) in [6.07, 6.45) is 0.975. The van der Waals surface area contributed by atoms with Gasteiger partial charge in [-0.05, 0) is 41.7 Å². The summed E-state index contributed by atoms with van der Waals surface area (Å²) >= 11 is 0. The maximum absolute atomic E-state index is 12.9. The monoisotopic (exact) mass is 399 g/mol. The Bertz CT molecular complexity index is 830. The van der Waals surface area contributed by atoms with Crippen LogP contribution in [-0.4, -0.2) is 32.7 Å². The van der Waals surface area contributed by atoms with E-state index in [-0.39, 0.29) is 24.5 Å². The number of aryl methyl sites for hydroxylation is 1. The molecule has 29 heavy (non-hydrogen) atoms. The fraction of sp³-hybridized carbons (Fsp3) is 0.391. The zero-order valence-electron chi connectivity index (χ0n) is 17.7. The number of hydrogen-bond acceptors (Lipinski definition) is 5. The average Bonchev–Trinajstić information content (AvgIpc) is 2.75. The fourth-order valence-electron chi connectivity index (χ4n) is 2.94. The molecule has 6 heteroatoms. The first kappa shape index (κ1) is 22.3. The van der Waals surface area contributed by atoms with E-state index in [1.54, 1.807) is 18.2 Å². The average molecular weight is 399 g/mol. The highest BCUT2D eigenvalue weighted by Crippen LogP contribution is 2.29. The normalized spacial score (nSPS) is 11.7. The Morgan fingerprint density at radius 3 is 2.24 bits per heavy atom. The molecule has 6 nitrogen and oxygen atoms in total. The Balaban J connectivity index is 2.17. The molecule has 1 unspecified atom stereocenters.